The largest absolute Gasteiger partial charge is 0.493 e. The molecular formula is C15H17N3O4. The SMILES string of the molecule is COc1cc2nc3c(c(N)c2cc1OC)CC(C[N+](=O)[O-])C3. The van der Waals surface area contributed by atoms with E-state index in [0.29, 0.717) is 30.0 Å². The van der Waals surface area contributed by atoms with Crippen molar-refractivity contribution < 1.29 is 14.4 Å². The third-order valence-corrected chi connectivity index (χ3v) is 4.10. The molecule has 1 aromatic heterocycles. The van der Waals surface area contributed by atoms with Gasteiger partial charge in [-0.1, -0.05) is 0 Å². The van der Waals surface area contributed by atoms with Gasteiger partial charge in [0.05, 0.1) is 19.7 Å². The van der Waals surface area contributed by atoms with Crippen molar-refractivity contribution in [2.24, 2.45) is 5.92 Å². The number of hydrogen-bond donors (Lipinski definition) is 1. The van der Waals surface area contributed by atoms with Crippen LogP contribution in [0.25, 0.3) is 10.9 Å². The van der Waals surface area contributed by atoms with Gasteiger partial charge in [0.1, 0.15) is 0 Å². The second-order valence-electron chi connectivity index (χ2n) is 5.46. The molecule has 7 nitrogen and oxygen atoms in total. The molecule has 0 aliphatic heterocycles. The number of aromatic nitrogens is 1. The molecular weight excluding hydrogens is 286 g/mol. The Bertz CT molecular complexity index is 760. The standard InChI is InChI=1S/C15H17N3O4/c1-21-13-5-10-12(6-14(13)22-2)17-11-4-8(7-18(19)20)3-9(11)15(10)16/h5-6,8H,3-4,7H2,1-2H3,(H2,16,17). The Morgan fingerprint density at radius 1 is 1.32 bits per heavy atom. The second kappa shape index (κ2) is 5.32. The van der Waals surface area contributed by atoms with Gasteiger partial charge in [-0.2, -0.15) is 0 Å². The van der Waals surface area contributed by atoms with E-state index < -0.39 is 0 Å². The van der Waals surface area contributed by atoms with Gasteiger partial charge in [0.15, 0.2) is 11.5 Å². The Hall–Kier alpha value is -2.57. The van der Waals surface area contributed by atoms with Gasteiger partial charge in [-0.25, -0.2) is 0 Å². The molecule has 2 aromatic rings. The average Bonchev–Trinajstić information content (AvgIpc) is 2.88. The first-order valence-electron chi connectivity index (χ1n) is 6.98. The van der Waals surface area contributed by atoms with E-state index in [1.807, 2.05) is 0 Å². The fourth-order valence-corrected chi connectivity index (χ4v) is 3.08. The number of nitrogens with zero attached hydrogens (tertiary/aromatic N) is 2. The lowest BCUT2D eigenvalue weighted by atomic mass is 10.0. The van der Waals surface area contributed by atoms with Gasteiger partial charge in [-0.3, -0.25) is 15.1 Å². The molecule has 1 aliphatic rings. The number of ether oxygens (including phenoxy) is 2. The summed E-state index contributed by atoms with van der Waals surface area (Å²) < 4.78 is 10.6. The van der Waals surface area contributed by atoms with Crippen molar-refractivity contribution in [3.63, 3.8) is 0 Å². The van der Waals surface area contributed by atoms with Crippen molar-refractivity contribution >= 4 is 16.6 Å². The molecule has 22 heavy (non-hydrogen) atoms. The number of hydrogen-bond acceptors (Lipinski definition) is 6. The van der Waals surface area contributed by atoms with Crippen LogP contribution in [0.3, 0.4) is 0 Å². The van der Waals surface area contributed by atoms with Crippen molar-refractivity contribution in [1.82, 2.24) is 4.98 Å². The summed E-state index contributed by atoms with van der Waals surface area (Å²) in [7, 11) is 3.13. The van der Waals surface area contributed by atoms with E-state index in [4.69, 9.17) is 15.2 Å². The van der Waals surface area contributed by atoms with Crippen molar-refractivity contribution in [1.29, 1.82) is 0 Å². The fourth-order valence-electron chi connectivity index (χ4n) is 3.08. The number of fused-ring (bicyclic) bond motifs is 2. The number of methoxy groups -OCH3 is 2. The van der Waals surface area contributed by atoms with E-state index in [9.17, 15) is 10.1 Å². The van der Waals surface area contributed by atoms with Crippen LogP contribution in [0.15, 0.2) is 12.1 Å². The number of rotatable bonds is 4. The predicted octanol–water partition coefficient (Wildman–Crippen LogP) is 1.83. The summed E-state index contributed by atoms with van der Waals surface area (Å²) >= 11 is 0. The first-order valence-corrected chi connectivity index (χ1v) is 6.98. The van der Waals surface area contributed by atoms with Crippen LogP contribution in [0.2, 0.25) is 0 Å². The normalized spacial score (nSPS) is 16.5. The summed E-state index contributed by atoms with van der Waals surface area (Å²) in [6.45, 7) is -0.0568. The highest BCUT2D eigenvalue weighted by molar-refractivity contribution is 5.94. The van der Waals surface area contributed by atoms with E-state index in [-0.39, 0.29) is 17.4 Å². The number of nitrogen functional groups attached to an aromatic ring is 1. The Morgan fingerprint density at radius 3 is 2.64 bits per heavy atom. The third-order valence-electron chi connectivity index (χ3n) is 4.10. The minimum absolute atomic E-state index is 0.0413. The highest BCUT2D eigenvalue weighted by Gasteiger charge is 2.29. The van der Waals surface area contributed by atoms with Crippen LogP contribution in [-0.4, -0.2) is 30.7 Å². The van der Waals surface area contributed by atoms with E-state index >= 15 is 0 Å². The molecule has 1 heterocycles. The zero-order valence-corrected chi connectivity index (χ0v) is 12.5. The van der Waals surface area contributed by atoms with Crippen LogP contribution in [-0.2, 0) is 12.8 Å². The zero-order chi connectivity index (χ0) is 15.9. The van der Waals surface area contributed by atoms with Crippen LogP contribution in [0, 0.1) is 16.0 Å². The minimum atomic E-state index is -0.279. The lowest BCUT2D eigenvalue weighted by molar-refractivity contribution is -0.487. The van der Waals surface area contributed by atoms with Gasteiger partial charge in [0.25, 0.3) is 0 Å². The molecule has 0 amide bonds. The van der Waals surface area contributed by atoms with Crippen LogP contribution in [0.4, 0.5) is 5.69 Å². The molecule has 0 saturated carbocycles. The summed E-state index contributed by atoms with van der Waals surface area (Å²) in [5.74, 6) is 1.13. The summed E-state index contributed by atoms with van der Waals surface area (Å²) in [5, 5.41) is 11.5. The van der Waals surface area contributed by atoms with Crippen molar-refractivity contribution in [2.45, 2.75) is 12.8 Å². The smallest absolute Gasteiger partial charge is 0.207 e. The first kappa shape index (κ1) is 14.4. The maximum atomic E-state index is 10.7. The van der Waals surface area contributed by atoms with Crippen LogP contribution < -0.4 is 15.2 Å². The molecule has 1 aliphatic carbocycles. The number of benzene rings is 1. The van der Waals surface area contributed by atoms with Crippen LogP contribution >= 0.6 is 0 Å². The summed E-state index contributed by atoms with van der Waals surface area (Å²) in [4.78, 5) is 15.1. The summed E-state index contributed by atoms with van der Waals surface area (Å²) in [5.41, 5.74) is 9.40. The average molecular weight is 303 g/mol. The zero-order valence-electron chi connectivity index (χ0n) is 12.5. The molecule has 1 unspecified atom stereocenters. The van der Waals surface area contributed by atoms with Crippen molar-refractivity contribution in [3.05, 3.63) is 33.5 Å². The number of nitro groups is 1. The Balaban J connectivity index is 2.10. The molecule has 3 rings (SSSR count). The Labute approximate surface area is 127 Å². The van der Waals surface area contributed by atoms with E-state index in [1.54, 1.807) is 26.4 Å². The highest BCUT2D eigenvalue weighted by atomic mass is 16.6. The topological polar surface area (TPSA) is 101 Å². The summed E-state index contributed by atoms with van der Waals surface area (Å²) in [6.07, 6.45) is 1.18. The van der Waals surface area contributed by atoms with Gasteiger partial charge in [0, 0.05) is 33.7 Å². The maximum Gasteiger partial charge on any atom is 0.207 e. The molecule has 7 heteroatoms. The molecule has 0 spiro atoms. The quantitative estimate of drug-likeness (QED) is 0.683. The number of nitrogens with two attached hydrogens (primary N) is 1. The van der Waals surface area contributed by atoms with Crippen molar-refractivity contribution in [3.8, 4) is 11.5 Å². The molecule has 116 valence electrons. The number of pyridine rings is 1. The van der Waals surface area contributed by atoms with Gasteiger partial charge in [0.2, 0.25) is 6.54 Å². The first-order chi connectivity index (χ1) is 10.5. The second-order valence-corrected chi connectivity index (χ2v) is 5.46. The van der Waals surface area contributed by atoms with E-state index in [0.717, 1.165) is 22.2 Å². The van der Waals surface area contributed by atoms with Crippen LogP contribution in [0.5, 0.6) is 11.5 Å². The Morgan fingerprint density at radius 2 is 2.00 bits per heavy atom. The lowest BCUT2D eigenvalue weighted by Gasteiger charge is -2.12. The Kier molecular flexibility index (Phi) is 3.48. The summed E-state index contributed by atoms with van der Waals surface area (Å²) in [6, 6.07) is 3.59. The predicted molar refractivity (Wildman–Crippen MR) is 82.0 cm³/mol. The molecule has 1 atom stereocenters. The monoisotopic (exact) mass is 303 g/mol. The molecule has 0 fully saturated rings. The third kappa shape index (κ3) is 2.28. The lowest BCUT2D eigenvalue weighted by Crippen LogP contribution is -2.14. The minimum Gasteiger partial charge on any atom is -0.493 e. The van der Waals surface area contributed by atoms with Gasteiger partial charge in [-0.15, -0.1) is 0 Å². The molecule has 0 saturated heterocycles. The highest BCUT2D eigenvalue weighted by Crippen LogP contribution is 2.39. The number of anilines is 1. The van der Waals surface area contributed by atoms with E-state index in [1.165, 1.54) is 0 Å². The van der Waals surface area contributed by atoms with E-state index in [2.05, 4.69) is 4.98 Å². The van der Waals surface area contributed by atoms with Gasteiger partial charge in [-0.05, 0) is 24.5 Å². The molecule has 0 radical (unpaired) electrons. The van der Waals surface area contributed by atoms with Crippen molar-refractivity contribution in [2.75, 3.05) is 26.5 Å². The maximum absolute atomic E-state index is 10.7. The van der Waals surface area contributed by atoms with Crippen LogP contribution in [0.1, 0.15) is 11.3 Å². The van der Waals surface area contributed by atoms with Gasteiger partial charge >= 0.3 is 0 Å². The molecule has 0 bridgehead atoms. The fraction of sp³-hybridized carbons (Fsp3) is 0.400. The van der Waals surface area contributed by atoms with Gasteiger partial charge < -0.3 is 15.2 Å². The molecule has 1 aromatic carbocycles. The molecule has 2 N–H and O–H groups in total.